The first-order valence-corrected chi connectivity index (χ1v) is 7.06. The number of fused-ring (bicyclic) bond motifs is 1. The van der Waals surface area contributed by atoms with Crippen molar-refractivity contribution in [3.8, 4) is 17.5 Å². The fourth-order valence-electron chi connectivity index (χ4n) is 2.75. The molecule has 21 heavy (non-hydrogen) atoms. The summed E-state index contributed by atoms with van der Waals surface area (Å²) in [6.07, 6.45) is 12.1. The monoisotopic (exact) mass is 278 g/mol. The van der Waals surface area contributed by atoms with Crippen LogP contribution in [0.25, 0.3) is 17.0 Å². The summed E-state index contributed by atoms with van der Waals surface area (Å²) in [5.74, 6) is 1.41. The molecule has 6 heteroatoms. The van der Waals surface area contributed by atoms with Crippen molar-refractivity contribution in [2.75, 3.05) is 0 Å². The van der Waals surface area contributed by atoms with Gasteiger partial charge in [0.1, 0.15) is 11.5 Å². The summed E-state index contributed by atoms with van der Waals surface area (Å²) in [7, 11) is 0. The predicted octanol–water partition coefficient (Wildman–Crippen LogP) is 2.46. The molecule has 1 saturated carbocycles. The molecule has 1 aliphatic rings. The summed E-state index contributed by atoms with van der Waals surface area (Å²) in [6.45, 7) is 0. The van der Waals surface area contributed by atoms with E-state index in [0.29, 0.717) is 12.3 Å². The molecule has 3 aromatic rings. The zero-order valence-electron chi connectivity index (χ0n) is 11.4. The highest BCUT2D eigenvalue weighted by Crippen LogP contribution is 2.41. The van der Waals surface area contributed by atoms with Crippen molar-refractivity contribution >= 4 is 5.65 Å². The third kappa shape index (κ3) is 2.07. The topological polar surface area (TPSA) is 71.8 Å². The van der Waals surface area contributed by atoms with E-state index in [2.05, 4.69) is 21.1 Å². The fourth-order valence-corrected chi connectivity index (χ4v) is 2.75. The van der Waals surface area contributed by atoms with Crippen LogP contribution in [-0.2, 0) is 0 Å². The van der Waals surface area contributed by atoms with Crippen LogP contribution in [0.4, 0.5) is 0 Å². The Morgan fingerprint density at radius 2 is 2.24 bits per heavy atom. The number of imidazole rings is 1. The van der Waals surface area contributed by atoms with Gasteiger partial charge < -0.3 is 0 Å². The minimum Gasteiger partial charge on any atom is -0.284 e. The van der Waals surface area contributed by atoms with Crippen LogP contribution in [0.1, 0.15) is 25.3 Å². The van der Waals surface area contributed by atoms with Gasteiger partial charge in [-0.2, -0.15) is 10.4 Å². The highest BCUT2D eigenvalue weighted by molar-refractivity contribution is 5.57. The summed E-state index contributed by atoms with van der Waals surface area (Å²) in [4.78, 5) is 8.70. The summed E-state index contributed by atoms with van der Waals surface area (Å²) in [6, 6.07) is 4.33. The van der Waals surface area contributed by atoms with Gasteiger partial charge in [0, 0.05) is 24.8 Å². The van der Waals surface area contributed by atoms with Gasteiger partial charge in [-0.3, -0.25) is 9.08 Å². The first kappa shape index (κ1) is 12.1. The number of rotatable bonds is 4. The lowest BCUT2D eigenvalue weighted by Crippen LogP contribution is -2.11. The Morgan fingerprint density at radius 3 is 3.05 bits per heavy atom. The minimum absolute atomic E-state index is 0.186. The quantitative estimate of drug-likeness (QED) is 0.735. The summed E-state index contributed by atoms with van der Waals surface area (Å²) in [5.41, 5.74) is 1.81. The molecule has 3 heterocycles. The molecule has 1 fully saturated rings. The molecular formula is C15H14N6. The normalized spacial score (nSPS) is 16.0. The van der Waals surface area contributed by atoms with Crippen LogP contribution in [-0.4, -0.2) is 24.1 Å². The van der Waals surface area contributed by atoms with Crippen molar-refractivity contribution in [2.45, 2.75) is 25.3 Å². The number of hydrogen-bond donors (Lipinski definition) is 0. The lowest BCUT2D eigenvalue weighted by atomic mass is 10.1. The summed E-state index contributed by atoms with van der Waals surface area (Å²) in [5, 5.41) is 13.5. The molecule has 3 aromatic heterocycles. The van der Waals surface area contributed by atoms with E-state index < -0.39 is 0 Å². The lowest BCUT2D eigenvalue weighted by molar-refractivity contribution is 0.412. The van der Waals surface area contributed by atoms with E-state index in [0.717, 1.165) is 17.0 Å². The largest absolute Gasteiger partial charge is 0.284 e. The second-order valence-electron chi connectivity index (χ2n) is 5.40. The number of aromatic nitrogens is 5. The van der Waals surface area contributed by atoms with Gasteiger partial charge in [-0.1, -0.05) is 0 Å². The number of hydrogen-bond acceptors (Lipinski definition) is 4. The van der Waals surface area contributed by atoms with E-state index in [1.165, 1.54) is 12.8 Å². The second kappa shape index (κ2) is 4.70. The van der Waals surface area contributed by atoms with Gasteiger partial charge in [-0.25, -0.2) is 9.97 Å². The van der Waals surface area contributed by atoms with Gasteiger partial charge in [0.25, 0.3) is 0 Å². The maximum atomic E-state index is 9.00. The van der Waals surface area contributed by atoms with Gasteiger partial charge >= 0.3 is 0 Å². The highest BCUT2D eigenvalue weighted by Gasteiger charge is 2.33. The zero-order chi connectivity index (χ0) is 14.2. The van der Waals surface area contributed by atoms with Crippen LogP contribution in [0, 0.1) is 17.2 Å². The summed E-state index contributed by atoms with van der Waals surface area (Å²) >= 11 is 0. The van der Waals surface area contributed by atoms with Gasteiger partial charge in [0.05, 0.1) is 30.3 Å². The molecule has 0 bridgehead atoms. The molecule has 0 N–H and O–H groups in total. The van der Waals surface area contributed by atoms with Crippen LogP contribution in [0.15, 0.2) is 37.1 Å². The van der Waals surface area contributed by atoms with Crippen molar-refractivity contribution in [2.24, 2.45) is 5.92 Å². The molecule has 0 aromatic carbocycles. The van der Waals surface area contributed by atoms with Gasteiger partial charge in [0.2, 0.25) is 0 Å². The Labute approximate surface area is 121 Å². The number of nitrogens with zero attached hydrogens (tertiary/aromatic N) is 6. The fraction of sp³-hybridized carbons (Fsp3) is 0.333. The molecule has 0 aliphatic heterocycles. The third-order valence-electron chi connectivity index (χ3n) is 3.98. The van der Waals surface area contributed by atoms with E-state index in [4.69, 9.17) is 5.26 Å². The molecular weight excluding hydrogens is 264 g/mol. The Hall–Kier alpha value is -2.68. The van der Waals surface area contributed by atoms with Crippen LogP contribution in [0.5, 0.6) is 0 Å². The van der Waals surface area contributed by atoms with Gasteiger partial charge in [0.15, 0.2) is 0 Å². The molecule has 104 valence electrons. The molecule has 0 amide bonds. The minimum atomic E-state index is 0.186. The van der Waals surface area contributed by atoms with E-state index in [9.17, 15) is 0 Å². The lowest BCUT2D eigenvalue weighted by Gasteiger charge is -2.12. The van der Waals surface area contributed by atoms with Crippen LogP contribution < -0.4 is 0 Å². The second-order valence-corrected chi connectivity index (χ2v) is 5.40. The third-order valence-corrected chi connectivity index (χ3v) is 3.98. The zero-order valence-corrected chi connectivity index (χ0v) is 11.4. The molecule has 4 rings (SSSR count). The molecule has 1 atom stereocenters. The average Bonchev–Trinajstić information content (AvgIpc) is 3.02. The first-order valence-electron chi connectivity index (χ1n) is 7.06. The van der Waals surface area contributed by atoms with E-state index in [1.54, 1.807) is 12.4 Å². The maximum Gasteiger partial charge on any atom is 0.148 e. The first-order chi connectivity index (χ1) is 10.4. The van der Waals surface area contributed by atoms with Crippen LogP contribution in [0.2, 0.25) is 0 Å². The van der Waals surface area contributed by atoms with Crippen molar-refractivity contribution in [3.05, 3.63) is 37.1 Å². The Bertz CT molecular complexity index is 820. The van der Waals surface area contributed by atoms with Crippen molar-refractivity contribution in [1.82, 2.24) is 24.1 Å². The van der Waals surface area contributed by atoms with Gasteiger partial charge in [-0.15, -0.1) is 0 Å². The molecule has 0 saturated heterocycles. The van der Waals surface area contributed by atoms with Crippen molar-refractivity contribution < 1.29 is 0 Å². The molecule has 0 spiro atoms. The Morgan fingerprint density at radius 1 is 1.33 bits per heavy atom. The van der Waals surface area contributed by atoms with E-state index in [-0.39, 0.29) is 6.04 Å². The van der Waals surface area contributed by atoms with Crippen LogP contribution in [0.3, 0.4) is 0 Å². The van der Waals surface area contributed by atoms with Gasteiger partial charge in [-0.05, 0) is 24.8 Å². The molecule has 6 nitrogen and oxygen atoms in total. The van der Waals surface area contributed by atoms with Crippen LogP contribution >= 0.6 is 0 Å². The summed E-state index contributed by atoms with van der Waals surface area (Å²) < 4.78 is 3.87. The maximum absolute atomic E-state index is 9.00. The average molecular weight is 278 g/mol. The SMILES string of the molecule is N#CCC(C1CC1)n1cc(-c2nccc3nccn23)cn1. The highest BCUT2D eigenvalue weighted by atomic mass is 15.3. The number of nitriles is 1. The predicted molar refractivity (Wildman–Crippen MR) is 76.2 cm³/mol. The van der Waals surface area contributed by atoms with E-state index >= 15 is 0 Å². The van der Waals surface area contributed by atoms with E-state index in [1.807, 2.05) is 33.7 Å². The molecule has 1 unspecified atom stereocenters. The standard InChI is InChI=1S/C15H14N6/c16-5-3-13(11-1-2-11)21-10-12(9-19-21)15-18-6-4-14-17-7-8-20(14)15/h4,6-11,13H,1-3H2. The Balaban J connectivity index is 1.74. The van der Waals surface area contributed by atoms with Crippen molar-refractivity contribution in [1.29, 1.82) is 5.26 Å². The molecule has 1 aliphatic carbocycles. The molecule has 0 radical (unpaired) electrons. The smallest absolute Gasteiger partial charge is 0.148 e. The Kier molecular flexibility index (Phi) is 2.71. The van der Waals surface area contributed by atoms with Crippen molar-refractivity contribution in [3.63, 3.8) is 0 Å².